The maximum Gasteiger partial charge on any atom is 0.0695 e. The number of likely N-dealkylation sites (N-methyl/N-ethyl adjacent to an activating group) is 1. The summed E-state index contributed by atoms with van der Waals surface area (Å²) in [7, 11) is 2.15. The van der Waals surface area contributed by atoms with Gasteiger partial charge >= 0.3 is 0 Å². The second kappa shape index (κ2) is 6.35. The Morgan fingerprint density at radius 2 is 1.78 bits per heavy atom. The lowest BCUT2D eigenvalue weighted by Gasteiger charge is -2.35. The van der Waals surface area contributed by atoms with Crippen LogP contribution in [0.2, 0.25) is 0 Å². The molecule has 2 rings (SSSR count). The summed E-state index contributed by atoms with van der Waals surface area (Å²) in [6.07, 6.45) is 5.59. The number of hydrogen-bond acceptors (Lipinski definition) is 2. The first-order valence-electron chi connectivity index (χ1n) is 7.15. The van der Waals surface area contributed by atoms with Gasteiger partial charge in [-0.05, 0) is 32.4 Å². The van der Waals surface area contributed by atoms with Crippen LogP contribution in [0.5, 0.6) is 0 Å². The van der Waals surface area contributed by atoms with E-state index >= 15 is 0 Å². The molecular weight excluding hydrogens is 222 g/mol. The third kappa shape index (κ3) is 3.12. The minimum Gasteiger partial charge on any atom is -0.391 e. The van der Waals surface area contributed by atoms with Crippen molar-refractivity contribution in [3.8, 4) is 0 Å². The van der Waals surface area contributed by atoms with Crippen molar-refractivity contribution in [3.05, 3.63) is 35.9 Å². The summed E-state index contributed by atoms with van der Waals surface area (Å²) in [5, 5.41) is 10.3. The van der Waals surface area contributed by atoms with Gasteiger partial charge in [-0.1, -0.05) is 49.6 Å². The van der Waals surface area contributed by atoms with E-state index in [-0.39, 0.29) is 6.10 Å². The summed E-state index contributed by atoms with van der Waals surface area (Å²) in [6, 6.07) is 11.2. The molecule has 3 atom stereocenters. The molecule has 2 nitrogen and oxygen atoms in total. The highest BCUT2D eigenvalue weighted by atomic mass is 16.3. The van der Waals surface area contributed by atoms with Crippen LogP contribution >= 0.6 is 0 Å². The van der Waals surface area contributed by atoms with E-state index in [9.17, 15) is 5.11 Å². The van der Waals surface area contributed by atoms with E-state index in [4.69, 9.17) is 0 Å². The van der Waals surface area contributed by atoms with Crippen LogP contribution in [0, 0.1) is 0 Å². The Hall–Kier alpha value is -0.860. The van der Waals surface area contributed by atoms with Crippen LogP contribution in [-0.2, 0) is 0 Å². The van der Waals surface area contributed by atoms with E-state index in [1.807, 2.05) is 0 Å². The van der Waals surface area contributed by atoms with Gasteiger partial charge in [-0.2, -0.15) is 0 Å². The highest BCUT2D eigenvalue weighted by Crippen LogP contribution is 2.28. The molecule has 0 aromatic heterocycles. The van der Waals surface area contributed by atoms with E-state index in [0.29, 0.717) is 12.1 Å². The normalized spacial score (nSPS) is 26.9. The van der Waals surface area contributed by atoms with E-state index in [1.165, 1.54) is 24.8 Å². The molecule has 2 heteroatoms. The quantitative estimate of drug-likeness (QED) is 0.828. The molecule has 1 aliphatic rings. The Morgan fingerprint density at radius 3 is 2.50 bits per heavy atom. The van der Waals surface area contributed by atoms with Crippen LogP contribution in [0.3, 0.4) is 0 Å². The second-order valence-corrected chi connectivity index (χ2v) is 5.52. The van der Waals surface area contributed by atoms with Crippen LogP contribution in [0.15, 0.2) is 30.3 Å². The third-order valence-electron chi connectivity index (χ3n) is 4.36. The molecule has 18 heavy (non-hydrogen) atoms. The zero-order valence-corrected chi connectivity index (χ0v) is 11.5. The first kappa shape index (κ1) is 13.6. The number of aliphatic hydroxyl groups is 1. The fourth-order valence-corrected chi connectivity index (χ4v) is 3.00. The molecule has 1 aliphatic carbocycles. The van der Waals surface area contributed by atoms with Gasteiger partial charge in [0.2, 0.25) is 0 Å². The molecule has 0 bridgehead atoms. The molecule has 100 valence electrons. The predicted molar refractivity (Wildman–Crippen MR) is 75.5 cm³/mol. The highest BCUT2D eigenvalue weighted by molar-refractivity contribution is 5.18. The predicted octanol–water partition coefficient (Wildman–Crippen LogP) is 3.37. The summed E-state index contributed by atoms with van der Waals surface area (Å²) in [5.41, 5.74) is 1.33. The van der Waals surface area contributed by atoms with Crippen molar-refractivity contribution in [1.29, 1.82) is 0 Å². The first-order chi connectivity index (χ1) is 8.70. The molecule has 0 radical (unpaired) electrons. The van der Waals surface area contributed by atoms with E-state index < -0.39 is 0 Å². The molecule has 1 fully saturated rings. The van der Waals surface area contributed by atoms with Gasteiger partial charge in [-0.15, -0.1) is 0 Å². The highest BCUT2D eigenvalue weighted by Gasteiger charge is 2.28. The second-order valence-electron chi connectivity index (χ2n) is 5.52. The molecule has 1 aromatic rings. The number of aliphatic hydroxyl groups excluding tert-OH is 1. The Balaban J connectivity index is 2.07. The summed E-state index contributed by atoms with van der Waals surface area (Å²) in [4.78, 5) is 2.35. The van der Waals surface area contributed by atoms with Crippen LogP contribution in [0.25, 0.3) is 0 Å². The Labute approximate surface area is 111 Å². The van der Waals surface area contributed by atoms with Gasteiger partial charge in [0.1, 0.15) is 0 Å². The maximum atomic E-state index is 10.3. The monoisotopic (exact) mass is 247 g/mol. The SMILES string of the molecule is C[C@@H](c1ccccc1)N(C)[C@@H]1CCCCC[C@H]1O. The smallest absolute Gasteiger partial charge is 0.0695 e. The summed E-state index contributed by atoms with van der Waals surface area (Å²) < 4.78 is 0. The van der Waals surface area contributed by atoms with E-state index in [2.05, 4.69) is 49.2 Å². The van der Waals surface area contributed by atoms with Crippen molar-refractivity contribution in [1.82, 2.24) is 4.90 Å². The molecule has 0 heterocycles. The van der Waals surface area contributed by atoms with Crippen molar-refractivity contribution in [2.75, 3.05) is 7.05 Å². The Kier molecular flexibility index (Phi) is 4.79. The van der Waals surface area contributed by atoms with E-state index in [0.717, 1.165) is 12.8 Å². The maximum absolute atomic E-state index is 10.3. The molecule has 0 spiro atoms. The van der Waals surface area contributed by atoms with Gasteiger partial charge in [0.15, 0.2) is 0 Å². The number of nitrogens with zero attached hydrogens (tertiary/aromatic N) is 1. The molecule has 0 aliphatic heterocycles. The summed E-state index contributed by atoms with van der Waals surface area (Å²) in [6.45, 7) is 2.23. The molecular formula is C16H25NO. The van der Waals surface area contributed by atoms with Crippen LogP contribution in [0.1, 0.15) is 50.6 Å². The largest absolute Gasteiger partial charge is 0.391 e. The molecule has 0 amide bonds. The summed E-state index contributed by atoms with van der Waals surface area (Å²) >= 11 is 0. The zero-order valence-electron chi connectivity index (χ0n) is 11.5. The van der Waals surface area contributed by atoms with Crippen LogP contribution in [-0.4, -0.2) is 29.2 Å². The minimum atomic E-state index is -0.163. The van der Waals surface area contributed by atoms with Gasteiger partial charge in [0, 0.05) is 12.1 Å². The Morgan fingerprint density at radius 1 is 1.11 bits per heavy atom. The molecule has 1 N–H and O–H groups in total. The number of hydrogen-bond donors (Lipinski definition) is 1. The van der Waals surface area contributed by atoms with Crippen molar-refractivity contribution >= 4 is 0 Å². The zero-order chi connectivity index (χ0) is 13.0. The molecule has 0 saturated heterocycles. The van der Waals surface area contributed by atoms with Crippen molar-refractivity contribution in [2.24, 2.45) is 0 Å². The number of benzene rings is 1. The lowest BCUT2D eigenvalue weighted by molar-refractivity contribution is 0.0392. The van der Waals surface area contributed by atoms with Crippen molar-refractivity contribution < 1.29 is 5.11 Å². The lowest BCUT2D eigenvalue weighted by atomic mass is 10.00. The van der Waals surface area contributed by atoms with Crippen LogP contribution in [0.4, 0.5) is 0 Å². The van der Waals surface area contributed by atoms with Crippen LogP contribution < -0.4 is 0 Å². The third-order valence-corrected chi connectivity index (χ3v) is 4.36. The topological polar surface area (TPSA) is 23.5 Å². The lowest BCUT2D eigenvalue weighted by Crippen LogP contribution is -2.41. The fraction of sp³-hybridized carbons (Fsp3) is 0.625. The minimum absolute atomic E-state index is 0.163. The average molecular weight is 247 g/mol. The first-order valence-corrected chi connectivity index (χ1v) is 7.15. The molecule has 1 saturated carbocycles. The average Bonchev–Trinajstić information content (AvgIpc) is 2.63. The van der Waals surface area contributed by atoms with Gasteiger partial charge in [0.05, 0.1) is 6.10 Å². The summed E-state index contributed by atoms with van der Waals surface area (Å²) in [5.74, 6) is 0. The van der Waals surface area contributed by atoms with Gasteiger partial charge < -0.3 is 5.11 Å². The fourth-order valence-electron chi connectivity index (χ4n) is 3.00. The van der Waals surface area contributed by atoms with Gasteiger partial charge in [-0.25, -0.2) is 0 Å². The van der Waals surface area contributed by atoms with E-state index in [1.54, 1.807) is 0 Å². The van der Waals surface area contributed by atoms with Crippen molar-refractivity contribution in [2.45, 2.75) is 57.2 Å². The molecule has 0 unspecified atom stereocenters. The van der Waals surface area contributed by atoms with Gasteiger partial charge in [-0.3, -0.25) is 4.90 Å². The Bertz CT molecular complexity index is 351. The molecule has 1 aromatic carbocycles. The standard InChI is InChI=1S/C16H25NO/c1-13(14-9-5-3-6-10-14)17(2)15-11-7-4-8-12-16(15)18/h3,5-6,9-10,13,15-16,18H,4,7-8,11-12H2,1-2H3/t13-,15+,16+/m0/s1. The van der Waals surface area contributed by atoms with Crippen molar-refractivity contribution in [3.63, 3.8) is 0 Å². The van der Waals surface area contributed by atoms with Gasteiger partial charge in [0.25, 0.3) is 0 Å². The number of rotatable bonds is 3.